The summed E-state index contributed by atoms with van der Waals surface area (Å²) in [5.74, 6) is -0.219. The number of hydrogen-bond donors (Lipinski definition) is 0. The minimum Gasteiger partial charge on any atom is -0.330 e. The van der Waals surface area contributed by atoms with E-state index >= 15 is 0 Å². The van der Waals surface area contributed by atoms with E-state index in [1.54, 1.807) is 16.7 Å². The average molecular weight is 375 g/mol. The Morgan fingerprint density at radius 2 is 1.79 bits per heavy atom. The number of anilines is 1. The standard InChI is InChI=1S/C21H21N5O2/c1-16(26-15-22-14-23-26)21(28)24-11-12-25(20(27)13-24)19-10-6-5-9-18(19)17-7-3-2-4-8-17/h2-10,14-16H,11-13H2,1H3. The second-order valence-corrected chi connectivity index (χ2v) is 6.74. The summed E-state index contributed by atoms with van der Waals surface area (Å²) in [5.41, 5.74) is 2.94. The van der Waals surface area contributed by atoms with Gasteiger partial charge in [0.1, 0.15) is 25.2 Å². The van der Waals surface area contributed by atoms with Gasteiger partial charge in [-0.15, -0.1) is 0 Å². The Morgan fingerprint density at radius 3 is 2.50 bits per heavy atom. The molecule has 0 N–H and O–H groups in total. The van der Waals surface area contributed by atoms with E-state index in [2.05, 4.69) is 10.1 Å². The molecular formula is C21H21N5O2. The Bertz CT molecular complexity index is 971. The summed E-state index contributed by atoms with van der Waals surface area (Å²) in [6.07, 6.45) is 2.91. The van der Waals surface area contributed by atoms with Crippen LogP contribution in [0.2, 0.25) is 0 Å². The maximum Gasteiger partial charge on any atom is 0.247 e. The third-order valence-electron chi connectivity index (χ3n) is 5.00. The Balaban J connectivity index is 1.53. The monoisotopic (exact) mass is 375 g/mol. The first-order chi connectivity index (χ1) is 13.6. The first-order valence-electron chi connectivity index (χ1n) is 9.23. The topological polar surface area (TPSA) is 71.3 Å². The number of hydrogen-bond acceptors (Lipinski definition) is 4. The molecule has 0 saturated carbocycles. The van der Waals surface area contributed by atoms with Gasteiger partial charge in [0, 0.05) is 18.7 Å². The lowest BCUT2D eigenvalue weighted by molar-refractivity contribution is -0.139. The van der Waals surface area contributed by atoms with Crippen LogP contribution in [0.3, 0.4) is 0 Å². The number of nitrogens with zero attached hydrogens (tertiary/aromatic N) is 5. The molecule has 0 bridgehead atoms. The van der Waals surface area contributed by atoms with E-state index < -0.39 is 6.04 Å². The fourth-order valence-electron chi connectivity index (χ4n) is 3.48. The van der Waals surface area contributed by atoms with Crippen molar-refractivity contribution < 1.29 is 9.59 Å². The van der Waals surface area contributed by atoms with Crippen LogP contribution in [0.4, 0.5) is 5.69 Å². The predicted molar refractivity (Wildman–Crippen MR) is 106 cm³/mol. The van der Waals surface area contributed by atoms with Gasteiger partial charge in [0.15, 0.2) is 0 Å². The molecule has 1 aliphatic rings. The van der Waals surface area contributed by atoms with Gasteiger partial charge in [-0.2, -0.15) is 5.10 Å². The molecule has 2 aromatic carbocycles. The van der Waals surface area contributed by atoms with E-state index in [1.165, 1.54) is 17.3 Å². The zero-order valence-electron chi connectivity index (χ0n) is 15.6. The van der Waals surface area contributed by atoms with Crippen molar-refractivity contribution in [3.63, 3.8) is 0 Å². The van der Waals surface area contributed by atoms with Crippen molar-refractivity contribution in [3.8, 4) is 11.1 Å². The highest BCUT2D eigenvalue weighted by Crippen LogP contribution is 2.31. The van der Waals surface area contributed by atoms with Crippen LogP contribution in [-0.2, 0) is 9.59 Å². The number of benzene rings is 2. The first-order valence-corrected chi connectivity index (χ1v) is 9.23. The van der Waals surface area contributed by atoms with Crippen molar-refractivity contribution in [2.24, 2.45) is 0 Å². The highest BCUT2D eigenvalue weighted by molar-refractivity contribution is 6.01. The van der Waals surface area contributed by atoms with Gasteiger partial charge < -0.3 is 9.80 Å². The van der Waals surface area contributed by atoms with Crippen LogP contribution in [0.1, 0.15) is 13.0 Å². The van der Waals surface area contributed by atoms with E-state index in [4.69, 9.17) is 0 Å². The van der Waals surface area contributed by atoms with Gasteiger partial charge in [-0.3, -0.25) is 9.59 Å². The Hall–Kier alpha value is -3.48. The molecule has 7 nitrogen and oxygen atoms in total. The molecule has 4 rings (SSSR count). The average Bonchev–Trinajstić information content (AvgIpc) is 3.28. The largest absolute Gasteiger partial charge is 0.330 e. The maximum absolute atomic E-state index is 12.9. The smallest absolute Gasteiger partial charge is 0.247 e. The van der Waals surface area contributed by atoms with Crippen molar-refractivity contribution in [2.75, 3.05) is 24.5 Å². The minimum atomic E-state index is -0.488. The lowest BCUT2D eigenvalue weighted by Crippen LogP contribution is -2.53. The van der Waals surface area contributed by atoms with Gasteiger partial charge in [0.2, 0.25) is 11.8 Å². The van der Waals surface area contributed by atoms with Crippen LogP contribution in [0.15, 0.2) is 67.3 Å². The van der Waals surface area contributed by atoms with Crippen molar-refractivity contribution >= 4 is 17.5 Å². The van der Waals surface area contributed by atoms with Gasteiger partial charge in [0.25, 0.3) is 0 Å². The number of aromatic nitrogens is 3. The van der Waals surface area contributed by atoms with E-state index in [0.717, 1.165) is 16.8 Å². The number of para-hydroxylation sites is 1. The highest BCUT2D eigenvalue weighted by Gasteiger charge is 2.31. The molecule has 1 unspecified atom stereocenters. The lowest BCUT2D eigenvalue weighted by atomic mass is 10.0. The van der Waals surface area contributed by atoms with Gasteiger partial charge in [-0.1, -0.05) is 48.5 Å². The maximum atomic E-state index is 12.9. The van der Waals surface area contributed by atoms with Crippen LogP contribution in [0.25, 0.3) is 11.1 Å². The van der Waals surface area contributed by atoms with Gasteiger partial charge in [-0.25, -0.2) is 9.67 Å². The van der Waals surface area contributed by atoms with E-state index in [0.29, 0.717) is 13.1 Å². The van der Waals surface area contributed by atoms with Crippen LogP contribution in [0.5, 0.6) is 0 Å². The quantitative estimate of drug-likeness (QED) is 0.702. The molecule has 142 valence electrons. The second kappa shape index (κ2) is 7.64. The summed E-state index contributed by atoms with van der Waals surface area (Å²) in [6.45, 7) is 2.75. The van der Waals surface area contributed by atoms with Crippen molar-refractivity contribution in [3.05, 3.63) is 67.3 Å². The van der Waals surface area contributed by atoms with Gasteiger partial charge in [-0.05, 0) is 18.6 Å². The van der Waals surface area contributed by atoms with Crippen LogP contribution in [0, 0.1) is 0 Å². The number of carbonyl (C=O) groups is 2. The van der Waals surface area contributed by atoms with Crippen LogP contribution >= 0.6 is 0 Å². The molecule has 28 heavy (non-hydrogen) atoms. The summed E-state index contributed by atoms with van der Waals surface area (Å²) in [6, 6.07) is 17.4. The Morgan fingerprint density at radius 1 is 1.04 bits per heavy atom. The SMILES string of the molecule is CC(C(=O)N1CCN(c2ccccc2-c2ccccc2)C(=O)C1)n1cncn1. The zero-order chi connectivity index (χ0) is 19.5. The Labute approximate surface area is 163 Å². The summed E-state index contributed by atoms with van der Waals surface area (Å²) < 4.78 is 1.50. The van der Waals surface area contributed by atoms with Gasteiger partial charge >= 0.3 is 0 Å². The molecule has 1 fully saturated rings. The van der Waals surface area contributed by atoms with Crippen molar-refractivity contribution in [1.29, 1.82) is 0 Å². The van der Waals surface area contributed by atoms with E-state index in [9.17, 15) is 9.59 Å². The molecular weight excluding hydrogens is 354 g/mol. The van der Waals surface area contributed by atoms with Crippen molar-refractivity contribution in [2.45, 2.75) is 13.0 Å². The third kappa shape index (κ3) is 3.38. The van der Waals surface area contributed by atoms with Gasteiger partial charge in [0.05, 0.1) is 5.69 Å². The molecule has 7 heteroatoms. The number of rotatable bonds is 4. The summed E-state index contributed by atoms with van der Waals surface area (Å²) in [4.78, 5) is 32.9. The molecule has 2 amide bonds. The molecule has 3 aromatic rings. The van der Waals surface area contributed by atoms with E-state index in [1.807, 2.05) is 54.6 Å². The van der Waals surface area contributed by atoms with Crippen LogP contribution < -0.4 is 4.90 Å². The molecule has 0 aliphatic carbocycles. The molecule has 1 aromatic heterocycles. The van der Waals surface area contributed by atoms with E-state index in [-0.39, 0.29) is 18.4 Å². The number of amides is 2. The van der Waals surface area contributed by atoms with Crippen LogP contribution in [-0.4, -0.2) is 51.1 Å². The molecule has 1 saturated heterocycles. The molecule has 0 spiro atoms. The summed E-state index contributed by atoms with van der Waals surface area (Å²) >= 11 is 0. The zero-order valence-corrected chi connectivity index (χ0v) is 15.6. The minimum absolute atomic E-state index is 0.0565. The molecule has 0 radical (unpaired) electrons. The fourth-order valence-corrected chi connectivity index (χ4v) is 3.48. The number of carbonyl (C=O) groups excluding carboxylic acids is 2. The Kier molecular flexibility index (Phi) is 4.89. The fraction of sp³-hybridized carbons (Fsp3) is 0.238. The normalized spacial score (nSPS) is 15.5. The lowest BCUT2D eigenvalue weighted by Gasteiger charge is -2.36. The van der Waals surface area contributed by atoms with Crippen molar-refractivity contribution in [1.82, 2.24) is 19.7 Å². The molecule has 1 atom stereocenters. The molecule has 2 heterocycles. The second-order valence-electron chi connectivity index (χ2n) is 6.74. The number of piperazine rings is 1. The predicted octanol–water partition coefficient (Wildman–Crippen LogP) is 2.38. The summed E-state index contributed by atoms with van der Waals surface area (Å²) in [7, 11) is 0. The molecule has 1 aliphatic heterocycles. The first kappa shape index (κ1) is 17.9. The summed E-state index contributed by atoms with van der Waals surface area (Å²) in [5, 5.41) is 4.02. The highest BCUT2D eigenvalue weighted by atomic mass is 16.2. The third-order valence-corrected chi connectivity index (χ3v) is 5.00.